The maximum absolute atomic E-state index is 12.1. The van der Waals surface area contributed by atoms with Gasteiger partial charge in [-0.1, -0.05) is 0 Å². The highest BCUT2D eigenvalue weighted by Gasteiger charge is 2.25. The normalized spacial score (nSPS) is 25.5. The lowest BCUT2D eigenvalue weighted by molar-refractivity contribution is 0.0673. The predicted molar refractivity (Wildman–Crippen MR) is 60.0 cm³/mol. The molecule has 1 saturated heterocycles. The van der Waals surface area contributed by atoms with Crippen LogP contribution in [0.15, 0.2) is 18.5 Å². The van der Waals surface area contributed by atoms with Gasteiger partial charge in [0.05, 0.1) is 18.0 Å². The average Bonchev–Trinajstić information content (AvgIpc) is 2.28. The molecule has 1 aliphatic heterocycles. The first kappa shape index (κ1) is 11.0. The summed E-state index contributed by atoms with van der Waals surface area (Å²) < 4.78 is 0. The smallest absolute Gasteiger partial charge is 0.255 e. The fourth-order valence-electron chi connectivity index (χ4n) is 2.09. The molecule has 0 aromatic carbocycles. The topological polar surface area (TPSA) is 58.1 Å². The van der Waals surface area contributed by atoms with Gasteiger partial charge in [-0.15, -0.1) is 0 Å². The molecular formula is C11H16N4O. The highest BCUT2D eigenvalue weighted by molar-refractivity contribution is 5.93. The van der Waals surface area contributed by atoms with Crippen molar-refractivity contribution in [3.8, 4) is 0 Å². The maximum atomic E-state index is 12.1. The Morgan fingerprint density at radius 3 is 2.62 bits per heavy atom. The lowest BCUT2D eigenvalue weighted by Crippen LogP contribution is -2.55. The van der Waals surface area contributed by atoms with Crippen LogP contribution in [0.3, 0.4) is 0 Å². The van der Waals surface area contributed by atoms with Crippen LogP contribution in [0.4, 0.5) is 0 Å². The monoisotopic (exact) mass is 220 g/mol. The number of carbonyl (C=O) groups excluding carboxylic acids is 1. The molecule has 1 fully saturated rings. The summed E-state index contributed by atoms with van der Waals surface area (Å²) in [5.41, 5.74) is 0.608. The highest BCUT2D eigenvalue weighted by atomic mass is 16.2. The molecule has 0 spiro atoms. The molecule has 2 heterocycles. The van der Waals surface area contributed by atoms with Gasteiger partial charge in [-0.25, -0.2) is 0 Å². The fraction of sp³-hybridized carbons (Fsp3) is 0.545. The molecule has 86 valence electrons. The van der Waals surface area contributed by atoms with Crippen molar-refractivity contribution in [2.75, 3.05) is 13.1 Å². The van der Waals surface area contributed by atoms with Crippen molar-refractivity contribution < 1.29 is 4.79 Å². The van der Waals surface area contributed by atoms with E-state index in [1.165, 1.54) is 6.20 Å². The molecule has 1 N–H and O–H groups in total. The second-order valence-corrected chi connectivity index (χ2v) is 4.31. The Kier molecular flexibility index (Phi) is 3.14. The van der Waals surface area contributed by atoms with Crippen LogP contribution >= 0.6 is 0 Å². The molecule has 1 amide bonds. The lowest BCUT2D eigenvalue weighted by atomic mass is 10.1. The van der Waals surface area contributed by atoms with E-state index in [9.17, 15) is 4.79 Å². The Bertz CT molecular complexity index is 358. The number of aromatic nitrogens is 2. The van der Waals surface area contributed by atoms with E-state index in [1.54, 1.807) is 12.3 Å². The maximum Gasteiger partial charge on any atom is 0.255 e. The van der Waals surface area contributed by atoms with Gasteiger partial charge >= 0.3 is 0 Å². The van der Waals surface area contributed by atoms with Crippen molar-refractivity contribution >= 4 is 5.91 Å². The second kappa shape index (κ2) is 4.57. The van der Waals surface area contributed by atoms with Crippen LogP contribution in [-0.2, 0) is 0 Å². The first-order valence-electron chi connectivity index (χ1n) is 5.49. The zero-order valence-corrected chi connectivity index (χ0v) is 9.55. The van der Waals surface area contributed by atoms with E-state index in [2.05, 4.69) is 29.4 Å². The van der Waals surface area contributed by atoms with Crippen LogP contribution in [0.1, 0.15) is 24.2 Å². The van der Waals surface area contributed by atoms with E-state index in [0.29, 0.717) is 17.6 Å². The van der Waals surface area contributed by atoms with E-state index >= 15 is 0 Å². The third kappa shape index (κ3) is 2.36. The van der Waals surface area contributed by atoms with Crippen LogP contribution in [0.2, 0.25) is 0 Å². The lowest BCUT2D eigenvalue weighted by Gasteiger charge is -2.36. The van der Waals surface area contributed by atoms with Crippen LogP contribution in [0.5, 0.6) is 0 Å². The Labute approximate surface area is 94.9 Å². The largest absolute Gasteiger partial charge is 0.335 e. The van der Waals surface area contributed by atoms with E-state index in [-0.39, 0.29) is 5.91 Å². The summed E-state index contributed by atoms with van der Waals surface area (Å²) in [5.74, 6) is 0.0371. The summed E-state index contributed by atoms with van der Waals surface area (Å²) in [6.07, 6.45) is 3.06. The van der Waals surface area contributed by atoms with E-state index in [1.807, 2.05) is 4.90 Å². The number of hydrogen-bond acceptors (Lipinski definition) is 4. The number of piperazine rings is 1. The van der Waals surface area contributed by atoms with Crippen molar-refractivity contribution in [3.63, 3.8) is 0 Å². The van der Waals surface area contributed by atoms with Gasteiger partial charge in [-0.3, -0.25) is 4.79 Å². The van der Waals surface area contributed by atoms with E-state index in [0.717, 1.165) is 13.1 Å². The summed E-state index contributed by atoms with van der Waals surface area (Å²) in [4.78, 5) is 14.0. The highest BCUT2D eigenvalue weighted by Crippen LogP contribution is 2.08. The number of nitrogens with one attached hydrogen (secondary N) is 1. The van der Waals surface area contributed by atoms with E-state index < -0.39 is 0 Å². The molecule has 0 aliphatic carbocycles. The minimum Gasteiger partial charge on any atom is -0.335 e. The Morgan fingerprint density at radius 1 is 1.38 bits per heavy atom. The zero-order valence-electron chi connectivity index (χ0n) is 9.55. The van der Waals surface area contributed by atoms with Gasteiger partial charge in [-0.2, -0.15) is 10.2 Å². The quantitative estimate of drug-likeness (QED) is 0.739. The Hall–Kier alpha value is -1.49. The third-order valence-corrected chi connectivity index (χ3v) is 2.68. The van der Waals surface area contributed by atoms with Crippen molar-refractivity contribution in [1.82, 2.24) is 20.4 Å². The van der Waals surface area contributed by atoms with E-state index in [4.69, 9.17) is 0 Å². The van der Waals surface area contributed by atoms with Gasteiger partial charge in [0.2, 0.25) is 0 Å². The zero-order chi connectivity index (χ0) is 11.5. The van der Waals surface area contributed by atoms with Crippen LogP contribution < -0.4 is 5.32 Å². The molecule has 0 saturated carbocycles. The SMILES string of the molecule is CC1CN(C(=O)c2ccnnc2)CC(C)N1. The third-order valence-electron chi connectivity index (χ3n) is 2.68. The van der Waals surface area contributed by atoms with Crippen LogP contribution in [-0.4, -0.2) is 46.2 Å². The minimum atomic E-state index is 0.0371. The standard InChI is InChI=1S/C11H16N4O/c1-8-6-15(7-9(2)14-8)11(16)10-3-4-12-13-5-10/h3-5,8-9,14H,6-7H2,1-2H3. The number of hydrogen-bond donors (Lipinski definition) is 1. The summed E-state index contributed by atoms with van der Waals surface area (Å²) in [5, 5.41) is 10.8. The summed E-state index contributed by atoms with van der Waals surface area (Å²) in [6.45, 7) is 5.65. The first-order valence-corrected chi connectivity index (χ1v) is 5.49. The summed E-state index contributed by atoms with van der Waals surface area (Å²) in [6, 6.07) is 2.37. The molecule has 0 radical (unpaired) electrons. The van der Waals surface area contributed by atoms with Crippen molar-refractivity contribution in [1.29, 1.82) is 0 Å². The molecule has 1 aromatic rings. The molecular weight excluding hydrogens is 204 g/mol. The van der Waals surface area contributed by atoms with Crippen LogP contribution in [0.25, 0.3) is 0 Å². The van der Waals surface area contributed by atoms with Crippen LogP contribution in [0, 0.1) is 0 Å². The predicted octanol–water partition coefficient (Wildman–Crippen LogP) is 0.299. The number of rotatable bonds is 1. The number of amides is 1. The van der Waals surface area contributed by atoms with Gasteiger partial charge in [0, 0.05) is 25.2 Å². The number of nitrogens with zero attached hydrogens (tertiary/aromatic N) is 3. The summed E-state index contributed by atoms with van der Waals surface area (Å²) >= 11 is 0. The molecule has 0 bridgehead atoms. The first-order chi connectivity index (χ1) is 7.66. The molecule has 1 aromatic heterocycles. The average molecular weight is 220 g/mol. The molecule has 2 rings (SSSR count). The van der Waals surface area contributed by atoms with Gasteiger partial charge in [0.15, 0.2) is 0 Å². The molecule has 5 nitrogen and oxygen atoms in total. The molecule has 2 unspecified atom stereocenters. The molecule has 2 atom stereocenters. The molecule has 1 aliphatic rings. The van der Waals surface area contributed by atoms with Gasteiger partial charge in [0.1, 0.15) is 0 Å². The fourth-order valence-corrected chi connectivity index (χ4v) is 2.09. The molecule has 5 heteroatoms. The van der Waals surface area contributed by atoms with Crippen molar-refractivity contribution in [3.05, 3.63) is 24.0 Å². The minimum absolute atomic E-state index is 0.0371. The number of carbonyl (C=O) groups is 1. The second-order valence-electron chi connectivity index (χ2n) is 4.31. The molecule has 16 heavy (non-hydrogen) atoms. The Balaban J connectivity index is 2.10. The van der Waals surface area contributed by atoms with Gasteiger partial charge in [-0.05, 0) is 19.9 Å². The summed E-state index contributed by atoms with van der Waals surface area (Å²) in [7, 11) is 0. The Morgan fingerprint density at radius 2 is 2.06 bits per heavy atom. The van der Waals surface area contributed by atoms with Crippen molar-refractivity contribution in [2.24, 2.45) is 0 Å². The van der Waals surface area contributed by atoms with Gasteiger partial charge < -0.3 is 10.2 Å². The van der Waals surface area contributed by atoms with Crippen molar-refractivity contribution in [2.45, 2.75) is 25.9 Å². The van der Waals surface area contributed by atoms with Gasteiger partial charge in [0.25, 0.3) is 5.91 Å².